The van der Waals surface area contributed by atoms with Crippen molar-refractivity contribution in [3.8, 4) is 5.75 Å². The number of methoxy groups -OCH3 is 1. The fraction of sp³-hybridized carbons (Fsp3) is 0.333. The summed E-state index contributed by atoms with van der Waals surface area (Å²) in [5.74, 6) is 0.686. The third-order valence-corrected chi connectivity index (χ3v) is 2.81. The SMILES string of the molecule is COc1ccc2c(c1)CCC(OC(=O)O)C2=[OH+]. The van der Waals surface area contributed by atoms with Gasteiger partial charge < -0.3 is 14.6 Å². The van der Waals surface area contributed by atoms with Gasteiger partial charge in [-0.1, -0.05) is 0 Å². The van der Waals surface area contributed by atoms with E-state index >= 15 is 0 Å². The maximum Gasteiger partial charge on any atom is 0.506 e. The number of benzene rings is 1. The Hall–Kier alpha value is -2.04. The molecule has 1 aromatic carbocycles. The van der Waals surface area contributed by atoms with Gasteiger partial charge in [-0.15, -0.1) is 0 Å². The van der Waals surface area contributed by atoms with Gasteiger partial charge >= 0.3 is 11.9 Å². The van der Waals surface area contributed by atoms with Gasteiger partial charge in [0.1, 0.15) is 5.75 Å². The Balaban J connectivity index is 2.27. The molecule has 90 valence electrons. The molecule has 2 N–H and O–H groups in total. The van der Waals surface area contributed by atoms with E-state index in [9.17, 15) is 9.59 Å². The van der Waals surface area contributed by atoms with Gasteiger partial charge in [0.2, 0.25) is 6.10 Å². The number of carboxylic acid groups (broad SMARTS) is 1. The Morgan fingerprint density at radius 3 is 2.94 bits per heavy atom. The molecule has 0 aliphatic heterocycles. The molecule has 1 atom stereocenters. The van der Waals surface area contributed by atoms with Crippen molar-refractivity contribution in [2.75, 3.05) is 7.11 Å². The fourth-order valence-corrected chi connectivity index (χ4v) is 1.99. The maximum absolute atomic E-state index is 10.5. The van der Waals surface area contributed by atoms with Crippen LogP contribution >= 0.6 is 0 Å². The van der Waals surface area contributed by atoms with Gasteiger partial charge in [-0.05, 0) is 30.2 Å². The van der Waals surface area contributed by atoms with E-state index in [0.717, 1.165) is 5.56 Å². The molecule has 0 heterocycles. The zero-order chi connectivity index (χ0) is 12.4. The average Bonchev–Trinajstić information content (AvgIpc) is 2.32. The first-order valence-electron chi connectivity index (χ1n) is 5.24. The van der Waals surface area contributed by atoms with Gasteiger partial charge in [0, 0.05) is 6.42 Å². The maximum atomic E-state index is 10.5. The van der Waals surface area contributed by atoms with Crippen molar-refractivity contribution >= 4 is 11.9 Å². The van der Waals surface area contributed by atoms with E-state index in [1.54, 1.807) is 19.2 Å². The quantitative estimate of drug-likeness (QED) is 0.626. The monoisotopic (exact) mass is 237 g/mol. The lowest BCUT2D eigenvalue weighted by atomic mass is 9.88. The van der Waals surface area contributed by atoms with Crippen LogP contribution in [0.15, 0.2) is 18.2 Å². The Labute approximate surface area is 98.0 Å². The summed E-state index contributed by atoms with van der Waals surface area (Å²) < 4.78 is 9.71. The van der Waals surface area contributed by atoms with Crippen molar-refractivity contribution in [1.29, 1.82) is 0 Å². The summed E-state index contributed by atoms with van der Waals surface area (Å²) >= 11 is 0. The normalized spacial score (nSPS) is 18.4. The fourth-order valence-electron chi connectivity index (χ4n) is 1.99. The second-order valence-corrected chi connectivity index (χ2v) is 3.82. The summed E-state index contributed by atoms with van der Waals surface area (Å²) in [6.07, 6.45) is -1.06. The molecule has 2 rings (SSSR count). The number of ether oxygens (including phenoxy) is 2. The van der Waals surface area contributed by atoms with E-state index in [4.69, 9.17) is 9.84 Å². The summed E-state index contributed by atoms with van der Waals surface area (Å²) in [6.45, 7) is 0. The Bertz CT molecular complexity index is 466. The number of aryl methyl sites for hydroxylation is 1. The highest BCUT2D eigenvalue weighted by Gasteiger charge is 2.35. The van der Waals surface area contributed by atoms with Crippen LogP contribution in [0, 0.1) is 0 Å². The second kappa shape index (κ2) is 4.45. The van der Waals surface area contributed by atoms with Crippen LogP contribution in [0.1, 0.15) is 17.5 Å². The number of hydrogen-bond donors (Lipinski definition) is 1. The highest BCUT2D eigenvalue weighted by molar-refractivity contribution is 6.03. The number of hydrogen-bond acceptors (Lipinski definition) is 3. The van der Waals surface area contributed by atoms with Crippen LogP contribution in [-0.4, -0.2) is 35.1 Å². The minimum atomic E-state index is -1.38. The third-order valence-electron chi connectivity index (χ3n) is 2.81. The largest absolute Gasteiger partial charge is 0.506 e. The molecule has 0 saturated heterocycles. The average molecular weight is 237 g/mol. The Kier molecular flexibility index (Phi) is 2.99. The summed E-state index contributed by atoms with van der Waals surface area (Å²) in [4.78, 5) is 20.4. The van der Waals surface area contributed by atoms with E-state index in [1.807, 2.05) is 6.07 Å². The Morgan fingerprint density at radius 2 is 2.29 bits per heavy atom. The van der Waals surface area contributed by atoms with E-state index in [-0.39, 0.29) is 5.78 Å². The minimum absolute atomic E-state index is 0.0312. The topological polar surface area (TPSA) is 77.2 Å². The van der Waals surface area contributed by atoms with Crippen LogP contribution in [0.2, 0.25) is 0 Å². The molecule has 0 spiro atoms. The van der Waals surface area contributed by atoms with Crippen molar-refractivity contribution < 1.29 is 24.2 Å². The lowest BCUT2D eigenvalue weighted by molar-refractivity contribution is 0.0698. The molecule has 1 aliphatic carbocycles. The first kappa shape index (κ1) is 11.4. The van der Waals surface area contributed by atoms with Crippen LogP contribution in [0.5, 0.6) is 5.75 Å². The van der Waals surface area contributed by atoms with Crippen LogP contribution in [0.25, 0.3) is 0 Å². The number of fused-ring (bicyclic) bond motifs is 1. The minimum Gasteiger partial charge on any atom is -0.497 e. The van der Waals surface area contributed by atoms with Crippen LogP contribution in [-0.2, 0) is 11.2 Å². The molecular weight excluding hydrogens is 224 g/mol. The summed E-state index contributed by atoms with van der Waals surface area (Å²) in [7, 11) is 1.57. The van der Waals surface area contributed by atoms with Gasteiger partial charge in [-0.3, -0.25) is 4.79 Å². The van der Waals surface area contributed by atoms with Gasteiger partial charge in [0.15, 0.2) is 0 Å². The molecule has 1 aromatic rings. The van der Waals surface area contributed by atoms with Crippen molar-refractivity contribution in [3.05, 3.63) is 29.3 Å². The first-order valence-corrected chi connectivity index (χ1v) is 5.24. The lowest BCUT2D eigenvalue weighted by Gasteiger charge is -2.18. The van der Waals surface area contributed by atoms with Gasteiger partial charge in [-0.25, -0.2) is 4.79 Å². The lowest BCUT2D eigenvalue weighted by Crippen LogP contribution is -2.32. The van der Waals surface area contributed by atoms with E-state index in [0.29, 0.717) is 24.2 Å². The number of ketones is 1. The highest BCUT2D eigenvalue weighted by Crippen LogP contribution is 2.26. The molecule has 0 radical (unpaired) electrons. The summed E-state index contributed by atoms with van der Waals surface area (Å²) in [5.41, 5.74) is 1.57. The number of rotatable bonds is 2. The van der Waals surface area contributed by atoms with Gasteiger partial charge in [-0.2, -0.15) is 0 Å². The van der Waals surface area contributed by atoms with Crippen molar-refractivity contribution in [3.63, 3.8) is 0 Å². The highest BCUT2D eigenvalue weighted by atomic mass is 16.7. The zero-order valence-electron chi connectivity index (χ0n) is 9.34. The molecule has 0 bridgehead atoms. The number of carbonyl (C=O) groups excluding carboxylic acids is 1. The summed E-state index contributed by atoms with van der Waals surface area (Å²) in [6, 6.07) is 5.27. The third kappa shape index (κ3) is 2.22. The molecule has 0 amide bonds. The second-order valence-electron chi connectivity index (χ2n) is 3.82. The number of carbonyl (C=O) groups is 1. The van der Waals surface area contributed by atoms with Crippen LogP contribution < -0.4 is 4.74 Å². The molecule has 1 aliphatic rings. The molecule has 5 heteroatoms. The van der Waals surface area contributed by atoms with E-state index in [2.05, 4.69) is 4.74 Å². The van der Waals surface area contributed by atoms with Gasteiger partial charge in [0.25, 0.3) is 0 Å². The smallest absolute Gasteiger partial charge is 0.497 e. The van der Waals surface area contributed by atoms with Crippen molar-refractivity contribution in [2.24, 2.45) is 0 Å². The first-order chi connectivity index (χ1) is 8.11. The van der Waals surface area contributed by atoms with E-state index < -0.39 is 12.3 Å². The van der Waals surface area contributed by atoms with Gasteiger partial charge in [0.05, 0.1) is 12.7 Å². The van der Waals surface area contributed by atoms with Crippen LogP contribution in [0.4, 0.5) is 4.79 Å². The van der Waals surface area contributed by atoms with Crippen LogP contribution in [0.3, 0.4) is 0 Å². The standard InChI is InChI=1S/C12H12O5/c1-16-8-3-4-9-7(6-8)2-5-10(11(9)13)17-12(14)15/h3-4,6,10H,2,5H2,1H3,(H,14,15)/p+1. The van der Waals surface area contributed by atoms with E-state index in [1.165, 1.54) is 0 Å². The van der Waals surface area contributed by atoms with Crippen molar-refractivity contribution in [1.82, 2.24) is 0 Å². The zero-order valence-corrected chi connectivity index (χ0v) is 9.34. The molecule has 1 unspecified atom stereocenters. The molecule has 0 fully saturated rings. The van der Waals surface area contributed by atoms with Crippen molar-refractivity contribution in [2.45, 2.75) is 18.9 Å². The molecule has 0 aromatic heterocycles. The predicted molar refractivity (Wildman–Crippen MR) is 60.3 cm³/mol. The summed E-state index contributed by atoms with van der Waals surface area (Å²) in [5, 5.41) is 8.55. The molecular formula is C12H13O5+. The Morgan fingerprint density at radius 1 is 1.53 bits per heavy atom. The molecule has 0 saturated carbocycles. The molecule has 5 nitrogen and oxygen atoms in total. The predicted octanol–water partition coefficient (Wildman–Crippen LogP) is 1.60. The molecule has 17 heavy (non-hydrogen) atoms.